The van der Waals surface area contributed by atoms with Crippen LogP contribution in [-0.2, 0) is 4.79 Å². The Morgan fingerprint density at radius 1 is 1.39 bits per heavy atom. The molecule has 0 saturated carbocycles. The lowest BCUT2D eigenvalue weighted by Gasteiger charge is -2.22. The summed E-state index contributed by atoms with van der Waals surface area (Å²) >= 11 is 0. The van der Waals surface area contributed by atoms with E-state index in [0.29, 0.717) is 12.2 Å². The normalized spacial score (nSPS) is 18.6. The summed E-state index contributed by atoms with van der Waals surface area (Å²) in [7, 11) is 1.63. The van der Waals surface area contributed by atoms with Gasteiger partial charge in [-0.3, -0.25) is 4.79 Å². The van der Waals surface area contributed by atoms with Crippen LogP contribution in [0, 0.1) is 5.92 Å². The number of rotatable bonds is 3. The van der Waals surface area contributed by atoms with Gasteiger partial charge in [-0.25, -0.2) is 4.79 Å². The number of carboxylic acid groups (broad SMARTS) is 1. The zero-order chi connectivity index (χ0) is 13.1. The first kappa shape index (κ1) is 12.6. The van der Waals surface area contributed by atoms with Crippen molar-refractivity contribution in [1.82, 2.24) is 5.32 Å². The van der Waals surface area contributed by atoms with E-state index in [9.17, 15) is 9.59 Å². The van der Waals surface area contributed by atoms with Gasteiger partial charge in [-0.1, -0.05) is 12.1 Å². The molecule has 1 amide bonds. The van der Waals surface area contributed by atoms with Crippen LogP contribution in [0.3, 0.4) is 0 Å². The Morgan fingerprint density at radius 3 is 2.72 bits per heavy atom. The second-order valence-corrected chi connectivity index (χ2v) is 4.41. The SMILES string of the molecule is CN(C(=O)C1CCNC1)c1ccccc1C(=O)O. The van der Waals surface area contributed by atoms with Crippen molar-refractivity contribution in [3.63, 3.8) is 0 Å². The van der Waals surface area contributed by atoms with Crippen molar-refractivity contribution in [3.05, 3.63) is 29.8 Å². The maximum Gasteiger partial charge on any atom is 0.337 e. The number of carboxylic acids is 1. The van der Waals surface area contributed by atoms with E-state index in [1.54, 1.807) is 25.2 Å². The molecule has 1 aliphatic heterocycles. The van der Waals surface area contributed by atoms with Crippen molar-refractivity contribution in [2.24, 2.45) is 5.92 Å². The molecule has 1 saturated heterocycles. The van der Waals surface area contributed by atoms with Gasteiger partial charge in [-0.15, -0.1) is 0 Å². The minimum atomic E-state index is -1.02. The average molecular weight is 248 g/mol. The van der Waals surface area contributed by atoms with Crippen LogP contribution in [0.15, 0.2) is 24.3 Å². The summed E-state index contributed by atoms with van der Waals surface area (Å²) in [5.74, 6) is -1.11. The molecule has 0 bridgehead atoms. The molecule has 1 aromatic carbocycles. The monoisotopic (exact) mass is 248 g/mol. The van der Waals surface area contributed by atoms with Crippen LogP contribution < -0.4 is 10.2 Å². The second kappa shape index (κ2) is 5.18. The van der Waals surface area contributed by atoms with Crippen molar-refractivity contribution in [3.8, 4) is 0 Å². The van der Waals surface area contributed by atoms with Gasteiger partial charge in [-0.05, 0) is 25.1 Å². The highest BCUT2D eigenvalue weighted by Crippen LogP contribution is 2.22. The number of carbonyl (C=O) groups is 2. The van der Waals surface area contributed by atoms with E-state index in [4.69, 9.17) is 5.11 Å². The lowest BCUT2D eigenvalue weighted by molar-refractivity contribution is -0.121. The van der Waals surface area contributed by atoms with Gasteiger partial charge in [0, 0.05) is 13.6 Å². The van der Waals surface area contributed by atoms with E-state index in [2.05, 4.69) is 5.32 Å². The molecule has 1 fully saturated rings. The number of benzene rings is 1. The van der Waals surface area contributed by atoms with Crippen LogP contribution in [0.2, 0.25) is 0 Å². The van der Waals surface area contributed by atoms with Crippen LogP contribution in [0.1, 0.15) is 16.8 Å². The Balaban J connectivity index is 2.25. The predicted molar refractivity (Wildman–Crippen MR) is 67.8 cm³/mol. The van der Waals surface area contributed by atoms with Crippen LogP contribution in [0.5, 0.6) is 0 Å². The maximum atomic E-state index is 12.2. The number of hydrogen-bond acceptors (Lipinski definition) is 3. The fourth-order valence-electron chi connectivity index (χ4n) is 2.20. The van der Waals surface area contributed by atoms with Crippen LogP contribution in [0.4, 0.5) is 5.69 Å². The Hall–Kier alpha value is -1.88. The van der Waals surface area contributed by atoms with Gasteiger partial charge in [0.25, 0.3) is 0 Å². The molecule has 96 valence electrons. The maximum absolute atomic E-state index is 12.2. The number of nitrogens with one attached hydrogen (secondary N) is 1. The van der Waals surface area contributed by atoms with Crippen LogP contribution in [-0.4, -0.2) is 37.1 Å². The minimum Gasteiger partial charge on any atom is -0.478 e. The highest BCUT2D eigenvalue weighted by molar-refractivity contribution is 6.02. The molecule has 1 atom stereocenters. The number of nitrogens with zero attached hydrogens (tertiary/aromatic N) is 1. The first-order valence-corrected chi connectivity index (χ1v) is 5.92. The predicted octanol–water partition coefficient (Wildman–Crippen LogP) is 0.957. The summed E-state index contributed by atoms with van der Waals surface area (Å²) in [4.78, 5) is 24.8. The van der Waals surface area contributed by atoms with E-state index < -0.39 is 5.97 Å². The third-order valence-corrected chi connectivity index (χ3v) is 3.24. The summed E-state index contributed by atoms with van der Waals surface area (Å²) in [6.07, 6.45) is 0.804. The Morgan fingerprint density at radius 2 is 2.11 bits per heavy atom. The van der Waals surface area contributed by atoms with E-state index in [1.165, 1.54) is 11.0 Å². The molecule has 1 heterocycles. The van der Waals surface area contributed by atoms with Crippen LogP contribution >= 0.6 is 0 Å². The summed E-state index contributed by atoms with van der Waals surface area (Å²) in [6, 6.07) is 6.55. The fourth-order valence-corrected chi connectivity index (χ4v) is 2.20. The first-order chi connectivity index (χ1) is 8.61. The molecule has 1 aliphatic rings. The first-order valence-electron chi connectivity index (χ1n) is 5.92. The molecule has 5 nitrogen and oxygen atoms in total. The van der Waals surface area contributed by atoms with Crippen molar-refractivity contribution in [2.75, 3.05) is 25.0 Å². The fraction of sp³-hybridized carbons (Fsp3) is 0.385. The molecule has 2 rings (SSSR count). The highest BCUT2D eigenvalue weighted by atomic mass is 16.4. The number of amides is 1. The molecular weight excluding hydrogens is 232 g/mol. The van der Waals surface area contributed by atoms with Crippen molar-refractivity contribution in [2.45, 2.75) is 6.42 Å². The largest absolute Gasteiger partial charge is 0.478 e. The zero-order valence-corrected chi connectivity index (χ0v) is 10.2. The van der Waals surface area contributed by atoms with Gasteiger partial charge in [0.2, 0.25) is 5.91 Å². The number of carbonyl (C=O) groups excluding carboxylic acids is 1. The van der Waals surface area contributed by atoms with Gasteiger partial charge in [0.05, 0.1) is 17.2 Å². The topological polar surface area (TPSA) is 69.6 Å². The van der Waals surface area contributed by atoms with Gasteiger partial charge in [0.15, 0.2) is 0 Å². The van der Waals surface area contributed by atoms with Crippen molar-refractivity contribution in [1.29, 1.82) is 0 Å². The standard InChI is InChI=1S/C13H16N2O3/c1-15(12(16)9-6-7-14-8-9)11-5-3-2-4-10(11)13(17)18/h2-5,9,14H,6-8H2,1H3,(H,17,18). The van der Waals surface area contributed by atoms with Crippen molar-refractivity contribution < 1.29 is 14.7 Å². The third kappa shape index (κ3) is 2.36. The van der Waals surface area contributed by atoms with Gasteiger partial charge in [0.1, 0.15) is 0 Å². The van der Waals surface area contributed by atoms with E-state index in [0.717, 1.165) is 13.0 Å². The quantitative estimate of drug-likeness (QED) is 0.835. The van der Waals surface area contributed by atoms with E-state index >= 15 is 0 Å². The van der Waals surface area contributed by atoms with Crippen molar-refractivity contribution >= 4 is 17.6 Å². The van der Waals surface area contributed by atoms with E-state index in [1.807, 2.05) is 0 Å². The van der Waals surface area contributed by atoms with E-state index in [-0.39, 0.29) is 17.4 Å². The zero-order valence-electron chi connectivity index (χ0n) is 10.2. The molecule has 0 spiro atoms. The highest BCUT2D eigenvalue weighted by Gasteiger charge is 2.27. The molecule has 18 heavy (non-hydrogen) atoms. The van der Waals surface area contributed by atoms with Gasteiger partial charge >= 0.3 is 5.97 Å². The minimum absolute atomic E-state index is 0.0336. The molecular formula is C13H16N2O3. The molecule has 2 N–H and O–H groups in total. The Kier molecular flexibility index (Phi) is 3.62. The van der Waals surface area contributed by atoms with Crippen LogP contribution in [0.25, 0.3) is 0 Å². The molecule has 1 unspecified atom stereocenters. The summed E-state index contributed by atoms with van der Waals surface area (Å²) < 4.78 is 0. The Labute approximate surface area is 105 Å². The summed E-state index contributed by atoms with van der Waals surface area (Å²) in [5, 5.41) is 12.2. The Bertz CT molecular complexity index is 467. The molecule has 1 aromatic rings. The second-order valence-electron chi connectivity index (χ2n) is 4.41. The summed E-state index contributed by atoms with van der Waals surface area (Å²) in [5.41, 5.74) is 0.598. The molecule has 0 aromatic heterocycles. The van der Waals surface area contributed by atoms with Gasteiger partial charge in [-0.2, -0.15) is 0 Å². The number of aromatic carboxylic acids is 1. The number of anilines is 1. The average Bonchev–Trinajstić information content (AvgIpc) is 2.90. The van der Waals surface area contributed by atoms with Gasteiger partial charge < -0.3 is 15.3 Å². The molecule has 0 aliphatic carbocycles. The molecule has 0 radical (unpaired) electrons. The molecule has 5 heteroatoms. The third-order valence-electron chi connectivity index (χ3n) is 3.24. The summed E-state index contributed by atoms with van der Waals surface area (Å²) in [6.45, 7) is 1.50. The smallest absolute Gasteiger partial charge is 0.337 e. The lowest BCUT2D eigenvalue weighted by Crippen LogP contribution is -2.34. The number of para-hydroxylation sites is 1. The number of hydrogen-bond donors (Lipinski definition) is 2. The lowest BCUT2D eigenvalue weighted by atomic mass is 10.1.